The lowest BCUT2D eigenvalue weighted by molar-refractivity contribution is 0.551. The van der Waals surface area contributed by atoms with Crippen molar-refractivity contribution < 1.29 is 0 Å². The summed E-state index contributed by atoms with van der Waals surface area (Å²) in [5.74, 6) is 0. The molecule has 17 heavy (non-hydrogen) atoms. The van der Waals surface area contributed by atoms with Crippen molar-refractivity contribution in [3.8, 4) is 0 Å². The lowest BCUT2D eigenvalue weighted by atomic mass is 10.0. The molecule has 0 aliphatic carbocycles. The fourth-order valence-electron chi connectivity index (χ4n) is 1.95. The quantitative estimate of drug-likeness (QED) is 0.850. The molecule has 1 unspecified atom stereocenters. The van der Waals surface area contributed by atoms with Crippen LogP contribution in [0.15, 0.2) is 41.8 Å². The zero-order chi connectivity index (χ0) is 12.1. The van der Waals surface area contributed by atoms with Gasteiger partial charge in [-0.2, -0.15) is 0 Å². The average Bonchev–Trinajstić information content (AvgIpc) is 2.85. The van der Waals surface area contributed by atoms with E-state index in [1.807, 2.05) is 36.6 Å². The van der Waals surface area contributed by atoms with Crippen molar-refractivity contribution in [3.63, 3.8) is 0 Å². The third kappa shape index (κ3) is 3.32. The van der Waals surface area contributed by atoms with Gasteiger partial charge >= 0.3 is 0 Å². The molecule has 1 aromatic heterocycles. The number of thiophene rings is 1. The Morgan fingerprint density at radius 3 is 2.71 bits per heavy atom. The summed E-state index contributed by atoms with van der Waals surface area (Å²) in [5.41, 5.74) is 1.19. The minimum atomic E-state index is 0.325. The van der Waals surface area contributed by atoms with Gasteiger partial charge in [0.1, 0.15) is 0 Å². The van der Waals surface area contributed by atoms with Crippen LogP contribution < -0.4 is 5.32 Å². The Morgan fingerprint density at radius 2 is 2.06 bits per heavy atom. The lowest BCUT2D eigenvalue weighted by Gasteiger charge is -2.17. The van der Waals surface area contributed by atoms with Gasteiger partial charge in [-0.1, -0.05) is 35.9 Å². The second-order valence-electron chi connectivity index (χ2n) is 3.98. The van der Waals surface area contributed by atoms with Crippen LogP contribution >= 0.6 is 22.9 Å². The van der Waals surface area contributed by atoms with E-state index in [0.29, 0.717) is 6.04 Å². The van der Waals surface area contributed by atoms with Gasteiger partial charge in [0.05, 0.1) is 0 Å². The number of rotatable bonds is 5. The molecule has 90 valence electrons. The highest BCUT2D eigenvalue weighted by Gasteiger charge is 2.12. The summed E-state index contributed by atoms with van der Waals surface area (Å²) in [4.78, 5) is 1.43. The first-order valence-electron chi connectivity index (χ1n) is 5.75. The third-order valence-electron chi connectivity index (χ3n) is 2.89. The molecule has 2 rings (SSSR count). The van der Waals surface area contributed by atoms with Crippen LogP contribution in [0.2, 0.25) is 5.02 Å². The predicted octanol–water partition coefficient (Wildman–Crippen LogP) is 4.29. The SMILES string of the molecule is CNC(CCc1cccs1)c1ccccc1Cl. The molecule has 0 amide bonds. The van der Waals surface area contributed by atoms with E-state index in [0.717, 1.165) is 17.9 Å². The van der Waals surface area contributed by atoms with Crippen molar-refractivity contribution in [2.24, 2.45) is 0 Å². The van der Waals surface area contributed by atoms with Crippen LogP contribution in [0.5, 0.6) is 0 Å². The molecule has 2 aromatic rings. The number of hydrogen-bond donors (Lipinski definition) is 1. The Bertz CT molecular complexity index is 453. The molecular formula is C14H16ClNS. The maximum absolute atomic E-state index is 6.22. The molecule has 0 aliphatic heterocycles. The number of nitrogens with one attached hydrogen (secondary N) is 1. The van der Waals surface area contributed by atoms with Gasteiger partial charge in [0.15, 0.2) is 0 Å². The largest absolute Gasteiger partial charge is 0.313 e. The van der Waals surface area contributed by atoms with Gasteiger partial charge in [0.25, 0.3) is 0 Å². The highest BCUT2D eigenvalue weighted by molar-refractivity contribution is 7.09. The normalized spacial score (nSPS) is 12.6. The van der Waals surface area contributed by atoms with Gasteiger partial charge in [0, 0.05) is 15.9 Å². The molecule has 0 radical (unpaired) electrons. The standard InChI is InChI=1S/C14H16ClNS/c1-16-14(9-8-11-5-4-10-17-11)12-6-2-3-7-13(12)15/h2-7,10,14,16H,8-9H2,1H3. The summed E-state index contributed by atoms with van der Waals surface area (Å²) < 4.78 is 0. The molecule has 0 saturated heterocycles. The first-order valence-corrected chi connectivity index (χ1v) is 7.01. The van der Waals surface area contributed by atoms with Crippen molar-refractivity contribution in [2.45, 2.75) is 18.9 Å². The Kier molecular flexibility index (Phi) is 4.60. The van der Waals surface area contributed by atoms with E-state index in [2.05, 4.69) is 28.9 Å². The van der Waals surface area contributed by atoms with Gasteiger partial charge in [-0.3, -0.25) is 0 Å². The van der Waals surface area contributed by atoms with Crippen molar-refractivity contribution >= 4 is 22.9 Å². The molecule has 1 N–H and O–H groups in total. The topological polar surface area (TPSA) is 12.0 Å². The van der Waals surface area contributed by atoms with Gasteiger partial charge in [-0.25, -0.2) is 0 Å². The summed E-state index contributed by atoms with van der Waals surface area (Å²) in [5, 5.41) is 6.31. The number of benzene rings is 1. The van der Waals surface area contributed by atoms with Crippen LogP contribution in [0.1, 0.15) is 22.9 Å². The summed E-state index contributed by atoms with van der Waals surface area (Å²) in [7, 11) is 1.99. The minimum Gasteiger partial charge on any atom is -0.313 e. The third-order valence-corrected chi connectivity index (χ3v) is 4.17. The first-order chi connectivity index (χ1) is 8.31. The van der Waals surface area contributed by atoms with Gasteiger partial charge in [0.2, 0.25) is 0 Å². The Morgan fingerprint density at radius 1 is 1.24 bits per heavy atom. The zero-order valence-electron chi connectivity index (χ0n) is 9.82. The van der Waals surface area contributed by atoms with E-state index in [1.54, 1.807) is 0 Å². The molecule has 0 saturated carbocycles. The van der Waals surface area contributed by atoms with Crippen LogP contribution in [0.3, 0.4) is 0 Å². The molecule has 1 atom stereocenters. The van der Waals surface area contributed by atoms with Gasteiger partial charge in [-0.05, 0) is 43.0 Å². The Balaban J connectivity index is 2.04. The van der Waals surface area contributed by atoms with E-state index in [1.165, 1.54) is 10.4 Å². The van der Waals surface area contributed by atoms with Crippen LogP contribution in [-0.2, 0) is 6.42 Å². The Hall–Kier alpha value is -0.830. The molecule has 1 heterocycles. The Labute approximate surface area is 111 Å². The predicted molar refractivity (Wildman–Crippen MR) is 75.9 cm³/mol. The van der Waals surface area contributed by atoms with E-state index < -0.39 is 0 Å². The minimum absolute atomic E-state index is 0.325. The molecule has 1 nitrogen and oxygen atoms in total. The highest BCUT2D eigenvalue weighted by atomic mass is 35.5. The highest BCUT2D eigenvalue weighted by Crippen LogP contribution is 2.26. The smallest absolute Gasteiger partial charge is 0.0453 e. The first kappa shape index (κ1) is 12.6. The molecule has 1 aromatic carbocycles. The second-order valence-corrected chi connectivity index (χ2v) is 5.42. The summed E-state index contributed by atoms with van der Waals surface area (Å²) in [6.45, 7) is 0. The zero-order valence-corrected chi connectivity index (χ0v) is 11.4. The summed E-state index contributed by atoms with van der Waals surface area (Å²) in [6.07, 6.45) is 2.16. The van der Waals surface area contributed by atoms with E-state index in [4.69, 9.17) is 11.6 Å². The number of halogens is 1. The number of hydrogen-bond acceptors (Lipinski definition) is 2. The van der Waals surface area contributed by atoms with Crippen molar-refractivity contribution in [2.75, 3.05) is 7.05 Å². The van der Waals surface area contributed by atoms with Crippen LogP contribution in [-0.4, -0.2) is 7.05 Å². The van der Waals surface area contributed by atoms with Gasteiger partial charge < -0.3 is 5.32 Å². The molecule has 0 spiro atoms. The van der Waals surface area contributed by atoms with Gasteiger partial charge in [-0.15, -0.1) is 11.3 Å². The van der Waals surface area contributed by atoms with Crippen LogP contribution in [0, 0.1) is 0 Å². The van der Waals surface area contributed by atoms with Crippen LogP contribution in [0.25, 0.3) is 0 Å². The second kappa shape index (κ2) is 6.20. The maximum atomic E-state index is 6.22. The van der Waals surface area contributed by atoms with Crippen molar-refractivity contribution in [1.29, 1.82) is 0 Å². The monoisotopic (exact) mass is 265 g/mol. The molecule has 0 bridgehead atoms. The van der Waals surface area contributed by atoms with E-state index in [-0.39, 0.29) is 0 Å². The summed E-state index contributed by atoms with van der Waals surface area (Å²) in [6, 6.07) is 12.7. The average molecular weight is 266 g/mol. The molecule has 0 aliphatic rings. The van der Waals surface area contributed by atoms with Crippen molar-refractivity contribution in [3.05, 3.63) is 57.2 Å². The fraction of sp³-hybridized carbons (Fsp3) is 0.286. The maximum Gasteiger partial charge on any atom is 0.0453 e. The fourth-order valence-corrected chi connectivity index (χ4v) is 2.95. The molecule has 0 fully saturated rings. The molecular weight excluding hydrogens is 250 g/mol. The van der Waals surface area contributed by atoms with E-state index in [9.17, 15) is 0 Å². The number of aryl methyl sites for hydroxylation is 1. The molecule has 3 heteroatoms. The van der Waals surface area contributed by atoms with E-state index >= 15 is 0 Å². The lowest BCUT2D eigenvalue weighted by Crippen LogP contribution is -2.17. The van der Waals surface area contributed by atoms with Crippen LogP contribution in [0.4, 0.5) is 0 Å². The summed E-state index contributed by atoms with van der Waals surface area (Å²) >= 11 is 8.04. The van der Waals surface area contributed by atoms with Crippen molar-refractivity contribution in [1.82, 2.24) is 5.32 Å².